The molecule has 4 heteroatoms. The summed E-state index contributed by atoms with van der Waals surface area (Å²) in [5.41, 5.74) is 6.00. The Morgan fingerprint density at radius 2 is 1.89 bits per heavy atom. The molecule has 0 bridgehead atoms. The average Bonchev–Trinajstić information content (AvgIpc) is 2.39. The van der Waals surface area contributed by atoms with Crippen LogP contribution in [0.3, 0.4) is 0 Å². The van der Waals surface area contributed by atoms with Gasteiger partial charge in [0, 0.05) is 44.7 Å². The lowest BCUT2D eigenvalue weighted by molar-refractivity contribution is -0.134. The molecule has 2 unspecified atom stereocenters. The molecule has 4 nitrogen and oxygen atoms in total. The summed E-state index contributed by atoms with van der Waals surface area (Å²) in [6.07, 6.45) is 5.27. The summed E-state index contributed by atoms with van der Waals surface area (Å²) < 4.78 is 0. The van der Waals surface area contributed by atoms with Gasteiger partial charge in [0.05, 0.1) is 0 Å². The minimum atomic E-state index is 0.323. The SMILES string of the molecule is CC(C)N1CCN(C(=O)CC2CCCC(N)C2)CC1. The maximum Gasteiger partial charge on any atom is 0.222 e. The lowest BCUT2D eigenvalue weighted by Gasteiger charge is -2.37. The van der Waals surface area contributed by atoms with E-state index in [4.69, 9.17) is 5.73 Å². The Hall–Kier alpha value is -0.610. The average molecular weight is 267 g/mol. The second-order valence-corrected chi connectivity index (χ2v) is 6.51. The van der Waals surface area contributed by atoms with Crippen molar-refractivity contribution in [1.82, 2.24) is 9.80 Å². The van der Waals surface area contributed by atoms with E-state index in [0.29, 0.717) is 23.9 Å². The third-order valence-electron chi connectivity index (χ3n) is 4.68. The zero-order chi connectivity index (χ0) is 13.8. The molecule has 1 amide bonds. The molecular formula is C15H29N3O. The van der Waals surface area contributed by atoms with Gasteiger partial charge >= 0.3 is 0 Å². The normalized spacial score (nSPS) is 29.8. The number of rotatable bonds is 3. The third kappa shape index (κ3) is 4.18. The first-order chi connectivity index (χ1) is 9.06. The van der Waals surface area contributed by atoms with Crippen molar-refractivity contribution >= 4 is 5.91 Å². The number of amides is 1. The molecule has 110 valence electrons. The predicted octanol–water partition coefficient (Wildman–Crippen LogP) is 1.45. The molecule has 1 heterocycles. The van der Waals surface area contributed by atoms with Crippen LogP contribution in [-0.2, 0) is 4.79 Å². The van der Waals surface area contributed by atoms with Gasteiger partial charge in [-0.3, -0.25) is 9.69 Å². The quantitative estimate of drug-likeness (QED) is 0.842. The number of nitrogens with zero attached hydrogens (tertiary/aromatic N) is 2. The first-order valence-corrected chi connectivity index (χ1v) is 7.83. The molecule has 1 saturated heterocycles. The van der Waals surface area contributed by atoms with E-state index in [2.05, 4.69) is 23.6 Å². The van der Waals surface area contributed by atoms with Crippen LogP contribution >= 0.6 is 0 Å². The Morgan fingerprint density at radius 1 is 1.21 bits per heavy atom. The predicted molar refractivity (Wildman–Crippen MR) is 77.8 cm³/mol. The summed E-state index contributed by atoms with van der Waals surface area (Å²) >= 11 is 0. The maximum atomic E-state index is 12.3. The van der Waals surface area contributed by atoms with Gasteiger partial charge in [-0.1, -0.05) is 6.42 Å². The van der Waals surface area contributed by atoms with Crippen LogP contribution in [0.25, 0.3) is 0 Å². The Balaban J connectivity index is 1.75. The highest BCUT2D eigenvalue weighted by atomic mass is 16.2. The zero-order valence-electron chi connectivity index (χ0n) is 12.5. The lowest BCUT2D eigenvalue weighted by Crippen LogP contribution is -2.51. The van der Waals surface area contributed by atoms with Gasteiger partial charge in [-0.15, -0.1) is 0 Å². The monoisotopic (exact) mass is 267 g/mol. The van der Waals surface area contributed by atoms with Gasteiger partial charge in [0.25, 0.3) is 0 Å². The van der Waals surface area contributed by atoms with Crippen molar-refractivity contribution in [3.8, 4) is 0 Å². The molecule has 0 radical (unpaired) electrons. The highest BCUT2D eigenvalue weighted by molar-refractivity contribution is 5.76. The van der Waals surface area contributed by atoms with E-state index in [9.17, 15) is 4.79 Å². The Morgan fingerprint density at radius 3 is 2.47 bits per heavy atom. The van der Waals surface area contributed by atoms with E-state index in [0.717, 1.165) is 45.4 Å². The molecule has 0 aromatic rings. The fourth-order valence-corrected chi connectivity index (χ4v) is 3.38. The van der Waals surface area contributed by atoms with Crippen LogP contribution in [0.1, 0.15) is 46.0 Å². The highest BCUT2D eigenvalue weighted by Crippen LogP contribution is 2.26. The molecule has 0 aromatic carbocycles. The number of nitrogens with two attached hydrogens (primary N) is 1. The summed E-state index contributed by atoms with van der Waals surface area (Å²) in [4.78, 5) is 16.8. The molecular weight excluding hydrogens is 238 g/mol. The maximum absolute atomic E-state index is 12.3. The topological polar surface area (TPSA) is 49.6 Å². The van der Waals surface area contributed by atoms with Gasteiger partial charge in [-0.2, -0.15) is 0 Å². The summed E-state index contributed by atoms with van der Waals surface area (Å²) in [5, 5.41) is 0. The van der Waals surface area contributed by atoms with E-state index in [1.165, 1.54) is 12.8 Å². The van der Waals surface area contributed by atoms with Crippen LogP contribution in [0.5, 0.6) is 0 Å². The number of hydrogen-bond acceptors (Lipinski definition) is 3. The van der Waals surface area contributed by atoms with E-state index >= 15 is 0 Å². The molecule has 0 aromatic heterocycles. The molecule has 2 rings (SSSR count). The number of carbonyl (C=O) groups is 1. The molecule has 1 aliphatic heterocycles. The minimum absolute atomic E-state index is 0.323. The van der Waals surface area contributed by atoms with Crippen molar-refractivity contribution in [2.75, 3.05) is 26.2 Å². The van der Waals surface area contributed by atoms with Crippen molar-refractivity contribution in [3.63, 3.8) is 0 Å². The third-order valence-corrected chi connectivity index (χ3v) is 4.68. The van der Waals surface area contributed by atoms with Crippen molar-refractivity contribution in [1.29, 1.82) is 0 Å². The van der Waals surface area contributed by atoms with Crippen molar-refractivity contribution in [2.45, 2.75) is 58.0 Å². The number of piperazine rings is 1. The van der Waals surface area contributed by atoms with Crippen LogP contribution in [0.4, 0.5) is 0 Å². The van der Waals surface area contributed by atoms with Crippen LogP contribution in [0.2, 0.25) is 0 Å². The summed E-state index contributed by atoms with van der Waals surface area (Å²) in [6, 6.07) is 0.915. The molecule has 0 spiro atoms. The largest absolute Gasteiger partial charge is 0.340 e. The molecule has 1 aliphatic carbocycles. The van der Waals surface area contributed by atoms with Gasteiger partial charge in [0.1, 0.15) is 0 Å². The molecule has 19 heavy (non-hydrogen) atoms. The number of carbonyl (C=O) groups excluding carboxylic acids is 1. The first kappa shape index (κ1) is 14.8. The smallest absolute Gasteiger partial charge is 0.222 e. The Bertz CT molecular complexity index is 298. The minimum Gasteiger partial charge on any atom is -0.340 e. The van der Waals surface area contributed by atoms with Crippen LogP contribution in [0, 0.1) is 5.92 Å². The van der Waals surface area contributed by atoms with E-state index < -0.39 is 0 Å². The molecule has 2 atom stereocenters. The summed E-state index contributed by atoms with van der Waals surface area (Å²) in [7, 11) is 0. The highest BCUT2D eigenvalue weighted by Gasteiger charge is 2.26. The van der Waals surface area contributed by atoms with Gasteiger partial charge in [-0.25, -0.2) is 0 Å². The van der Waals surface area contributed by atoms with Crippen molar-refractivity contribution in [2.24, 2.45) is 11.7 Å². The lowest BCUT2D eigenvalue weighted by atomic mass is 9.84. The molecule has 1 saturated carbocycles. The number of hydrogen-bond donors (Lipinski definition) is 1. The summed E-state index contributed by atoms with van der Waals surface area (Å²) in [5.74, 6) is 0.877. The van der Waals surface area contributed by atoms with Gasteiger partial charge < -0.3 is 10.6 Å². The Kier molecular flexibility index (Phi) is 5.22. The van der Waals surface area contributed by atoms with Crippen LogP contribution in [0.15, 0.2) is 0 Å². The van der Waals surface area contributed by atoms with Crippen LogP contribution < -0.4 is 5.73 Å². The fraction of sp³-hybridized carbons (Fsp3) is 0.933. The van der Waals surface area contributed by atoms with Crippen LogP contribution in [-0.4, -0.2) is 54.0 Å². The zero-order valence-corrected chi connectivity index (χ0v) is 12.5. The van der Waals surface area contributed by atoms with E-state index in [-0.39, 0.29) is 0 Å². The Labute approximate surface area is 117 Å². The molecule has 2 aliphatic rings. The fourth-order valence-electron chi connectivity index (χ4n) is 3.38. The van der Waals surface area contributed by atoms with E-state index in [1.807, 2.05) is 0 Å². The van der Waals surface area contributed by atoms with Crippen molar-refractivity contribution in [3.05, 3.63) is 0 Å². The molecule has 2 N–H and O–H groups in total. The summed E-state index contributed by atoms with van der Waals surface area (Å²) in [6.45, 7) is 8.29. The van der Waals surface area contributed by atoms with Gasteiger partial charge in [0.2, 0.25) is 5.91 Å². The van der Waals surface area contributed by atoms with E-state index in [1.54, 1.807) is 0 Å². The molecule has 2 fully saturated rings. The van der Waals surface area contributed by atoms with Gasteiger partial charge in [0.15, 0.2) is 0 Å². The van der Waals surface area contributed by atoms with Crippen molar-refractivity contribution < 1.29 is 4.79 Å². The second kappa shape index (κ2) is 6.71. The van der Waals surface area contributed by atoms with Gasteiger partial charge in [-0.05, 0) is 39.0 Å². The second-order valence-electron chi connectivity index (χ2n) is 6.51. The first-order valence-electron chi connectivity index (χ1n) is 7.83. The standard InChI is InChI=1S/C15H29N3O/c1-12(2)17-6-8-18(9-7-17)15(19)11-13-4-3-5-14(16)10-13/h12-14H,3-11,16H2,1-2H3.